The van der Waals surface area contributed by atoms with Gasteiger partial charge in [0.2, 0.25) is 0 Å². The number of carbonyl (C=O) groups excluding carboxylic acids is 1. The molecule has 0 aromatic carbocycles. The highest BCUT2D eigenvalue weighted by atomic mass is 79.9. The molecule has 1 N–H and O–H groups in total. The third-order valence-corrected chi connectivity index (χ3v) is 5.97. The first-order chi connectivity index (χ1) is 9.01. The molecule has 0 aliphatic carbocycles. The van der Waals surface area contributed by atoms with Crippen molar-refractivity contribution in [3.05, 3.63) is 36.1 Å². The van der Waals surface area contributed by atoms with Gasteiger partial charge in [0.1, 0.15) is 5.69 Å². The van der Waals surface area contributed by atoms with Gasteiger partial charge in [0.25, 0.3) is 5.91 Å². The van der Waals surface area contributed by atoms with E-state index in [-0.39, 0.29) is 5.91 Å². The zero-order valence-electron chi connectivity index (χ0n) is 9.91. The van der Waals surface area contributed by atoms with Crippen molar-refractivity contribution >= 4 is 60.7 Å². The Morgan fingerprint density at radius 3 is 2.84 bits per heavy atom. The molecule has 0 atom stereocenters. The largest absolute Gasteiger partial charge is 0.346 e. The first-order valence-corrected chi connectivity index (χ1v) is 8.24. The van der Waals surface area contributed by atoms with Crippen molar-refractivity contribution < 1.29 is 4.79 Å². The summed E-state index contributed by atoms with van der Waals surface area (Å²) in [5.41, 5.74) is 0.673. The number of nitrogens with one attached hydrogen (secondary N) is 1. The molecular formula is C11H10Br2ClN3OS. The van der Waals surface area contributed by atoms with Crippen LogP contribution in [0.2, 0.25) is 5.02 Å². The van der Waals surface area contributed by atoms with Crippen molar-refractivity contribution in [2.24, 2.45) is 0 Å². The van der Waals surface area contributed by atoms with Crippen LogP contribution in [0.5, 0.6) is 0 Å². The monoisotopic (exact) mass is 425 g/mol. The highest BCUT2D eigenvalue weighted by molar-refractivity contribution is 9.13. The van der Waals surface area contributed by atoms with Crippen LogP contribution in [0.25, 0.3) is 0 Å². The van der Waals surface area contributed by atoms with Gasteiger partial charge in [-0.2, -0.15) is 5.10 Å². The fraction of sp³-hybridized carbons (Fsp3) is 0.273. The highest BCUT2D eigenvalue weighted by Crippen LogP contribution is 2.32. The van der Waals surface area contributed by atoms with Gasteiger partial charge in [0.05, 0.1) is 20.2 Å². The van der Waals surface area contributed by atoms with Crippen molar-refractivity contribution in [2.75, 3.05) is 0 Å². The summed E-state index contributed by atoms with van der Waals surface area (Å²) in [7, 11) is 0. The van der Waals surface area contributed by atoms with Crippen LogP contribution in [0.4, 0.5) is 0 Å². The molecule has 2 aromatic heterocycles. The maximum atomic E-state index is 12.0. The van der Waals surface area contributed by atoms with Gasteiger partial charge >= 0.3 is 0 Å². The number of carbonyl (C=O) groups is 1. The minimum absolute atomic E-state index is 0.140. The van der Waals surface area contributed by atoms with E-state index in [1.807, 2.05) is 6.92 Å². The fourth-order valence-electron chi connectivity index (χ4n) is 1.43. The van der Waals surface area contributed by atoms with Gasteiger partial charge in [0.15, 0.2) is 0 Å². The molecule has 0 spiro atoms. The molecule has 1 amide bonds. The molecule has 8 heteroatoms. The lowest BCUT2D eigenvalue weighted by molar-refractivity contribution is 0.0954. The van der Waals surface area contributed by atoms with Crippen molar-refractivity contribution in [1.29, 1.82) is 0 Å². The van der Waals surface area contributed by atoms with Gasteiger partial charge in [-0.25, -0.2) is 0 Å². The number of aromatic nitrogens is 2. The van der Waals surface area contributed by atoms with E-state index in [1.165, 1.54) is 11.3 Å². The van der Waals surface area contributed by atoms with Gasteiger partial charge in [-0.05, 0) is 44.8 Å². The molecule has 0 saturated heterocycles. The lowest BCUT2D eigenvalue weighted by Gasteiger charge is -2.01. The number of aryl methyl sites for hydroxylation is 1. The van der Waals surface area contributed by atoms with Crippen molar-refractivity contribution in [1.82, 2.24) is 15.1 Å². The first kappa shape index (κ1) is 15.0. The van der Waals surface area contributed by atoms with Crippen molar-refractivity contribution in [2.45, 2.75) is 20.0 Å². The maximum Gasteiger partial charge on any atom is 0.261 e. The van der Waals surface area contributed by atoms with Crippen molar-refractivity contribution in [3.8, 4) is 0 Å². The number of thiophene rings is 1. The first-order valence-electron chi connectivity index (χ1n) is 5.46. The Morgan fingerprint density at radius 2 is 2.32 bits per heavy atom. The average molecular weight is 428 g/mol. The molecule has 102 valence electrons. The number of hydrogen-bond acceptors (Lipinski definition) is 3. The van der Waals surface area contributed by atoms with E-state index in [0.29, 0.717) is 22.1 Å². The topological polar surface area (TPSA) is 46.9 Å². The minimum atomic E-state index is -0.140. The van der Waals surface area contributed by atoms with E-state index in [0.717, 1.165) is 14.8 Å². The smallest absolute Gasteiger partial charge is 0.261 e. The predicted molar refractivity (Wildman–Crippen MR) is 83.8 cm³/mol. The fourth-order valence-corrected chi connectivity index (χ4v) is 3.60. The van der Waals surface area contributed by atoms with Crippen molar-refractivity contribution in [3.63, 3.8) is 0 Å². The van der Waals surface area contributed by atoms with E-state index in [2.05, 4.69) is 42.3 Å². The Morgan fingerprint density at radius 1 is 1.58 bits per heavy atom. The number of halogens is 3. The Kier molecular flexibility index (Phi) is 5.05. The van der Waals surface area contributed by atoms with E-state index in [4.69, 9.17) is 11.6 Å². The van der Waals surface area contributed by atoms with E-state index in [9.17, 15) is 4.79 Å². The highest BCUT2D eigenvalue weighted by Gasteiger charge is 2.13. The lowest BCUT2D eigenvalue weighted by atomic mass is 10.4. The van der Waals surface area contributed by atoms with Crippen LogP contribution in [0.3, 0.4) is 0 Å². The molecule has 0 unspecified atom stereocenters. The third kappa shape index (κ3) is 3.59. The summed E-state index contributed by atoms with van der Waals surface area (Å²) in [5.74, 6) is -0.140. The van der Waals surface area contributed by atoms with Gasteiger partial charge in [-0.1, -0.05) is 11.6 Å². The Bertz CT molecular complexity index is 592. The molecule has 2 aromatic rings. The summed E-state index contributed by atoms with van der Waals surface area (Å²) in [6, 6.07) is 1.77. The number of hydrogen-bond donors (Lipinski definition) is 1. The second-order valence-electron chi connectivity index (χ2n) is 3.69. The molecule has 4 nitrogen and oxygen atoms in total. The van der Waals surface area contributed by atoms with Gasteiger partial charge in [-0.3, -0.25) is 9.48 Å². The summed E-state index contributed by atoms with van der Waals surface area (Å²) in [6.07, 6.45) is 1.75. The van der Waals surface area contributed by atoms with Gasteiger partial charge < -0.3 is 5.32 Å². The molecule has 2 rings (SSSR count). The molecule has 0 aliphatic rings. The van der Waals surface area contributed by atoms with Crippen LogP contribution >= 0.6 is 54.8 Å². The van der Waals surface area contributed by atoms with Crippen LogP contribution in [0.1, 0.15) is 22.3 Å². The van der Waals surface area contributed by atoms with Gasteiger partial charge in [-0.15, -0.1) is 11.3 Å². The molecule has 0 aliphatic heterocycles. The number of amides is 1. The normalized spacial score (nSPS) is 10.7. The average Bonchev–Trinajstić information content (AvgIpc) is 2.90. The summed E-state index contributed by atoms with van der Waals surface area (Å²) < 4.78 is 3.50. The third-order valence-electron chi connectivity index (χ3n) is 2.40. The Labute approximate surface area is 136 Å². The maximum absolute atomic E-state index is 12.0. The van der Waals surface area contributed by atoms with Crippen LogP contribution in [0.15, 0.2) is 20.5 Å². The number of rotatable bonds is 4. The minimum Gasteiger partial charge on any atom is -0.346 e. The number of nitrogens with zero attached hydrogens (tertiary/aromatic N) is 2. The quantitative estimate of drug-likeness (QED) is 0.800. The molecule has 19 heavy (non-hydrogen) atoms. The lowest BCUT2D eigenvalue weighted by Crippen LogP contribution is -2.22. The van der Waals surface area contributed by atoms with E-state index < -0.39 is 0 Å². The summed E-state index contributed by atoms with van der Waals surface area (Å²) in [5, 5.41) is 7.64. The Hall–Kier alpha value is -0.370. The van der Waals surface area contributed by atoms with Crippen LogP contribution < -0.4 is 5.32 Å². The van der Waals surface area contributed by atoms with E-state index >= 15 is 0 Å². The predicted octanol–water partition coefficient (Wildman–Crippen LogP) is 4.07. The molecule has 0 fully saturated rings. The van der Waals surface area contributed by atoms with Crippen LogP contribution in [-0.2, 0) is 13.1 Å². The standard InChI is InChI=1S/C11H10Br2ClN3OS/c1-2-17-5-7(14)8(16-17)4-15-11(18)9-3-6(12)10(13)19-9/h3,5H,2,4H2,1H3,(H,15,18). The second-order valence-corrected chi connectivity index (χ2v) is 7.33. The molecule has 0 bridgehead atoms. The SMILES string of the molecule is CCn1cc(Cl)c(CNC(=O)c2cc(Br)c(Br)s2)n1. The molecular weight excluding hydrogens is 417 g/mol. The zero-order valence-corrected chi connectivity index (χ0v) is 14.7. The van der Waals surface area contributed by atoms with E-state index in [1.54, 1.807) is 16.9 Å². The van der Waals surface area contributed by atoms with Gasteiger partial charge in [0, 0.05) is 17.2 Å². The summed E-state index contributed by atoms with van der Waals surface area (Å²) in [4.78, 5) is 12.6. The second kappa shape index (κ2) is 6.39. The van der Waals surface area contributed by atoms with Crippen LogP contribution in [0, 0.1) is 0 Å². The summed E-state index contributed by atoms with van der Waals surface area (Å²) >= 11 is 14.1. The Balaban J connectivity index is 2.02. The van der Waals surface area contributed by atoms with Crippen LogP contribution in [-0.4, -0.2) is 15.7 Å². The molecule has 0 saturated carbocycles. The summed E-state index contributed by atoms with van der Waals surface area (Å²) in [6.45, 7) is 3.04. The molecule has 2 heterocycles. The molecule has 0 radical (unpaired) electrons. The zero-order chi connectivity index (χ0) is 14.0.